The molecule has 0 spiro atoms. The third-order valence-electron chi connectivity index (χ3n) is 3.18. The van der Waals surface area contributed by atoms with Gasteiger partial charge in [0.2, 0.25) is 0 Å². The van der Waals surface area contributed by atoms with Gasteiger partial charge in [0.25, 0.3) is 0 Å². The number of aromatic nitrogens is 3. The molecule has 0 atom stereocenters. The number of aryl methyl sites for hydroxylation is 1. The normalized spacial score (nSPS) is 10.9. The van der Waals surface area contributed by atoms with Gasteiger partial charge in [0.1, 0.15) is 12.1 Å². The first-order valence-corrected chi connectivity index (χ1v) is 6.63. The monoisotopic (exact) mass is 267 g/mol. The molecule has 0 aliphatic heterocycles. The van der Waals surface area contributed by atoms with Gasteiger partial charge in [-0.05, 0) is 55.3 Å². The zero-order valence-corrected chi connectivity index (χ0v) is 11.4. The molecule has 1 aromatic carbocycles. The number of nitrogens with zero attached hydrogens (tertiary/aromatic N) is 3. The maximum atomic E-state index is 5.56. The Morgan fingerprint density at radius 2 is 2.00 bits per heavy atom. The summed E-state index contributed by atoms with van der Waals surface area (Å²) in [5.74, 6) is 0.907. The van der Waals surface area contributed by atoms with Gasteiger partial charge in [0.05, 0.1) is 0 Å². The Morgan fingerprint density at radius 3 is 2.75 bits per heavy atom. The standard InChI is InChI=1S/C15H17N5/c1-11-8-14-17-10-18-20(14)15(9-11)19-13-4-2-12(3-5-13)6-7-16/h2-5,8-10,19H,6-7,16H2,1H3. The van der Waals surface area contributed by atoms with Crippen LogP contribution < -0.4 is 11.1 Å². The Kier molecular flexibility index (Phi) is 3.35. The van der Waals surface area contributed by atoms with Crippen LogP contribution >= 0.6 is 0 Å². The molecule has 0 radical (unpaired) electrons. The van der Waals surface area contributed by atoms with Crippen LogP contribution in [0.4, 0.5) is 11.5 Å². The fourth-order valence-corrected chi connectivity index (χ4v) is 2.21. The van der Waals surface area contributed by atoms with Crippen molar-refractivity contribution in [1.29, 1.82) is 0 Å². The second-order valence-electron chi connectivity index (χ2n) is 4.81. The zero-order chi connectivity index (χ0) is 13.9. The van der Waals surface area contributed by atoms with Gasteiger partial charge in [-0.15, -0.1) is 0 Å². The molecule has 3 aromatic rings. The molecule has 5 nitrogen and oxygen atoms in total. The lowest BCUT2D eigenvalue weighted by Crippen LogP contribution is -2.03. The van der Waals surface area contributed by atoms with Crippen molar-refractivity contribution in [3.63, 3.8) is 0 Å². The highest BCUT2D eigenvalue weighted by atomic mass is 15.3. The minimum absolute atomic E-state index is 0.671. The highest BCUT2D eigenvalue weighted by Crippen LogP contribution is 2.19. The lowest BCUT2D eigenvalue weighted by molar-refractivity contribution is 0.962. The summed E-state index contributed by atoms with van der Waals surface area (Å²) in [5.41, 5.74) is 9.81. The van der Waals surface area contributed by atoms with Gasteiger partial charge >= 0.3 is 0 Å². The highest BCUT2D eigenvalue weighted by Gasteiger charge is 2.04. The van der Waals surface area contributed by atoms with Gasteiger partial charge in [0.15, 0.2) is 5.65 Å². The molecule has 0 amide bonds. The van der Waals surface area contributed by atoms with Crippen LogP contribution in [-0.2, 0) is 6.42 Å². The smallest absolute Gasteiger partial charge is 0.157 e. The van der Waals surface area contributed by atoms with Crippen LogP contribution in [0.3, 0.4) is 0 Å². The predicted octanol–water partition coefficient (Wildman–Crippen LogP) is 2.28. The number of rotatable bonds is 4. The predicted molar refractivity (Wildman–Crippen MR) is 80.2 cm³/mol. The van der Waals surface area contributed by atoms with Crippen LogP contribution in [-0.4, -0.2) is 21.1 Å². The van der Waals surface area contributed by atoms with E-state index < -0.39 is 0 Å². The molecule has 0 saturated heterocycles. The van der Waals surface area contributed by atoms with Gasteiger partial charge in [-0.3, -0.25) is 0 Å². The van der Waals surface area contributed by atoms with E-state index in [0.717, 1.165) is 29.1 Å². The molecule has 5 heteroatoms. The minimum atomic E-state index is 0.671. The molecule has 0 aliphatic rings. The average molecular weight is 267 g/mol. The SMILES string of the molecule is Cc1cc(Nc2ccc(CCN)cc2)n2ncnc2c1. The van der Waals surface area contributed by atoms with E-state index in [-0.39, 0.29) is 0 Å². The fraction of sp³-hybridized carbons (Fsp3) is 0.200. The Bertz CT molecular complexity index is 715. The number of nitrogens with two attached hydrogens (primary N) is 1. The van der Waals surface area contributed by atoms with E-state index in [1.807, 2.05) is 13.0 Å². The highest BCUT2D eigenvalue weighted by molar-refractivity contribution is 5.61. The molecule has 102 valence electrons. The number of pyridine rings is 1. The van der Waals surface area contributed by atoms with Gasteiger partial charge in [-0.1, -0.05) is 12.1 Å². The van der Waals surface area contributed by atoms with Crippen LogP contribution in [0.1, 0.15) is 11.1 Å². The van der Waals surface area contributed by atoms with E-state index in [9.17, 15) is 0 Å². The summed E-state index contributed by atoms with van der Waals surface area (Å²) in [6.07, 6.45) is 2.46. The Labute approximate surface area is 117 Å². The Balaban J connectivity index is 1.90. The minimum Gasteiger partial charge on any atom is -0.340 e. The number of fused-ring (bicyclic) bond motifs is 1. The van der Waals surface area contributed by atoms with E-state index in [0.29, 0.717) is 6.54 Å². The summed E-state index contributed by atoms with van der Waals surface area (Å²) in [6.45, 7) is 2.72. The van der Waals surface area contributed by atoms with Crippen LogP contribution in [0.5, 0.6) is 0 Å². The molecule has 20 heavy (non-hydrogen) atoms. The molecule has 0 fully saturated rings. The average Bonchev–Trinajstić information content (AvgIpc) is 2.89. The van der Waals surface area contributed by atoms with Crippen molar-refractivity contribution in [2.75, 3.05) is 11.9 Å². The lowest BCUT2D eigenvalue weighted by Gasteiger charge is -2.09. The topological polar surface area (TPSA) is 68.2 Å². The van der Waals surface area contributed by atoms with Crippen molar-refractivity contribution in [2.45, 2.75) is 13.3 Å². The summed E-state index contributed by atoms with van der Waals surface area (Å²) in [5, 5.41) is 7.60. The molecule has 0 unspecified atom stereocenters. The van der Waals surface area contributed by atoms with Crippen molar-refractivity contribution < 1.29 is 0 Å². The van der Waals surface area contributed by atoms with Gasteiger partial charge in [-0.2, -0.15) is 9.61 Å². The number of anilines is 2. The molecule has 0 bridgehead atoms. The van der Waals surface area contributed by atoms with Gasteiger partial charge < -0.3 is 11.1 Å². The Morgan fingerprint density at radius 1 is 1.20 bits per heavy atom. The van der Waals surface area contributed by atoms with Crippen molar-refractivity contribution >= 4 is 17.2 Å². The molecule has 0 saturated carbocycles. The molecule has 3 N–H and O–H groups in total. The van der Waals surface area contributed by atoms with E-state index in [1.165, 1.54) is 5.56 Å². The third kappa shape index (κ3) is 2.48. The van der Waals surface area contributed by atoms with E-state index in [2.05, 4.69) is 45.7 Å². The maximum absolute atomic E-state index is 5.56. The first kappa shape index (κ1) is 12.6. The van der Waals surface area contributed by atoms with E-state index in [4.69, 9.17) is 5.73 Å². The fourth-order valence-electron chi connectivity index (χ4n) is 2.21. The molecule has 0 aliphatic carbocycles. The summed E-state index contributed by atoms with van der Waals surface area (Å²) in [4.78, 5) is 4.22. The number of nitrogens with one attached hydrogen (secondary N) is 1. The van der Waals surface area contributed by atoms with E-state index in [1.54, 1.807) is 10.8 Å². The summed E-state index contributed by atoms with van der Waals surface area (Å²) in [6, 6.07) is 12.3. The maximum Gasteiger partial charge on any atom is 0.157 e. The van der Waals surface area contributed by atoms with Crippen LogP contribution in [0.2, 0.25) is 0 Å². The van der Waals surface area contributed by atoms with Crippen molar-refractivity contribution in [2.24, 2.45) is 5.73 Å². The van der Waals surface area contributed by atoms with E-state index >= 15 is 0 Å². The van der Waals surface area contributed by atoms with Crippen LogP contribution in [0, 0.1) is 6.92 Å². The summed E-state index contributed by atoms with van der Waals surface area (Å²) in [7, 11) is 0. The molecule has 2 heterocycles. The second-order valence-corrected chi connectivity index (χ2v) is 4.81. The Hall–Kier alpha value is -2.40. The third-order valence-corrected chi connectivity index (χ3v) is 3.18. The lowest BCUT2D eigenvalue weighted by atomic mass is 10.1. The zero-order valence-electron chi connectivity index (χ0n) is 11.4. The van der Waals surface area contributed by atoms with Crippen molar-refractivity contribution in [3.05, 3.63) is 53.9 Å². The van der Waals surface area contributed by atoms with Crippen LogP contribution in [0.15, 0.2) is 42.7 Å². The summed E-state index contributed by atoms with van der Waals surface area (Å²) < 4.78 is 1.79. The molecular weight excluding hydrogens is 250 g/mol. The van der Waals surface area contributed by atoms with Crippen molar-refractivity contribution in [3.8, 4) is 0 Å². The molecular formula is C15H17N5. The first-order valence-electron chi connectivity index (χ1n) is 6.63. The quantitative estimate of drug-likeness (QED) is 0.761. The number of hydrogen-bond acceptors (Lipinski definition) is 4. The van der Waals surface area contributed by atoms with Gasteiger partial charge in [0, 0.05) is 5.69 Å². The van der Waals surface area contributed by atoms with Crippen LogP contribution in [0.25, 0.3) is 5.65 Å². The van der Waals surface area contributed by atoms with Crippen molar-refractivity contribution in [1.82, 2.24) is 14.6 Å². The second kappa shape index (κ2) is 5.30. The largest absolute Gasteiger partial charge is 0.340 e. The summed E-state index contributed by atoms with van der Waals surface area (Å²) >= 11 is 0. The first-order chi connectivity index (χ1) is 9.76. The molecule has 2 aromatic heterocycles. The number of hydrogen-bond donors (Lipinski definition) is 2. The van der Waals surface area contributed by atoms with Gasteiger partial charge in [-0.25, -0.2) is 4.98 Å². The number of benzene rings is 1. The molecule has 3 rings (SSSR count).